The van der Waals surface area contributed by atoms with Crippen molar-refractivity contribution in [2.45, 2.75) is 6.92 Å². The van der Waals surface area contributed by atoms with E-state index in [1.807, 2.05) is 0 Å². The highest BCUT2D eigenvalue weighted by Gasteiger charge is 2.13. The lowest BCUT2D eigenvalue weighted by atomic mass is 10.0. The van der Waals surface area contributed by atoms with Crippen molar-refractivity contribution in [3.05, 3.63) is 52.5 Å². The van der Waals surface area contributed by atoms with E-state index in [4.69, 9.17) is 16.3 Å². The molecule has 5 nitrogen and oxygen atoms in total. The summed E-state index contributed by atoms with van der Waals surface area (Å²) in [6.45, 7) is 2.09. The highest BCUT2D eigenvalue weighted by atomic mass is 35.5. The molecule has 0 heterocycles. The predicted molar refractivity (Wildman–Crippen MR) is 87.9 cm³/mol. The molecule has 0 fully saturated rings. The van der Waals surface area contributed by atoms with E-state index in [1.54, 1.807) is 6.92 Å². The van der Waals surface area contributed by atoms with Gasteiger partial charge in [0.05, 0.1) is 17.2 Å². The van der Waals surface area contributed by atoms with Gasteiger partial charge in [-0.2, -0.15) is 0 Å². The summed E-state index contributed by atoms with van der Waals surface area (Å²) in [4.78, 5) is 11.5. The van der Waals surface area contributed by atoms with Crippen LogP contribution in [0.3, 0.4) is 0 Å². The van der Waals surface area contributed by atoms with E-state index in [-0.39, 0.29) is 27.8 Å². The average molecular weight is 335 g/mol. The summed E-state index contributed by atoms with van der Waals surface area (Å²) in [5.74, 6) is -1.09. The normalized spacial score (nSPS) is 11.3. The predicted octanol–water partition coefficient (Wildman–Crippen LogP) is 3.78. The number of aromatic hydroxyl groups is 2. The number of carboxylic acids is 1. The summed E-state index contributed by atoms with van der Waals surface area (Å²) in [7, 11) is 0. The van der Waals surface area contributed by atoms with Gasteiger partial charge in [-0.25, -0.2) is 4.79 Å². The van der Waals surface area contributed by atoms with Crippen molar-refractivity contribution in [3.8, 4) is 17.2 Å². The van der Waals surface area contributed by atoms with Gasteiger partial charge in [0, 0.05) is 0 Å². The van der Waals surface area contributed by atoms with E-state index >= 15 is 0 Å². The highest BCUT2D eigenvalue weighted by Crippen LogP contribution is 2.36. The van der Waals surface area contributed by atoms with Crippen LogP contribution in [0.25, 0.3) is 11.6 Å². The Morgan fingerprint density at radius 3 is 2.43 bits per heavy atom. The number of hydrogen-bond acceptors (Lipinski definition) is 4. The number of halogens is 1. The Balaban J connectivity index is 2.51. The van der Waals surface area contributed by atoms with E-state index in [0.29, 0.717) is 17.7 Å². The Morgan fingerprint density at radius 2 is 1.87 bits per heavy atom. The number of phenolic OH excluding ortho intramolecular Hbond substituents is 2. The first-order valence-corrected chi connectivity index (χ1v) is 7.20. The lowest BCUT2D eigenvalue weighted by molar-refractivity contribution is -0.130. The molecule has 0 saturated carbocycles. The maximum atomic E-state index is 11.5. The third-order valence-corrected chi connectivity index (χ3v) is 3.36. The number of phenols is 2. The molecule has 23 heavy (non-hydrogen) atoms. The first-order chi connectivity index (χ1) is 10.9. The first kappa shape index (κ1) is 16.7. The van der Waals surface area contributed by atoms with E-state index in [2.05, 4.69) is 0 Å². The lowest BCUT2D eigenvalue weighted by Gasteiger charge is -2.09. The minimum atomic E-state index is -1.13. The van der Waals surface area contributed by atoms with Crippen LogP contribution in [0.15, 0.2) is 36.4 Å². The highest BCUT2D eigenvalue weighted by molar-refractivity contribution is 6.32. The summed E-state index contributed by atoms with van der Waals surface area (Å²) in [6.07, 6.45) is 1.42. The van der Waals surface area contributed by atoms with E-state index in [1.165, 1.54) is 42.5 Å². The molecule has 0 unspecified atom stereocenters. The van der Waals surface area contributed by atoms with E-state index in [9.17, 15) is 20.1 Å². The molecule has 120 valence electrons. The lowest BCUT2D eigenvalue weighted by Crippen LogP contribution is -2.00. The molecule has 0 radical (unpaired) electrons. The Kier molecular flexibility index (Phi) is 5.13. The second kappa shape index (κ2) is 7.07. The number of ether oxygens (including phenoxy) is 1. The molecule has 0 aromatic heterocycles. The fraction of sp³-hybridized carbons (Fsp3) is 0.118. The molecule has 0 spiro atoms. The number of carboxylic acid groups (broad SMARTS) is 1. The van der Waals surface area contributed by atoms with Crippen molar-refractivity contribution in [2.24, 2.45) is 0 Å². The topological polar surface area (TPSA) is 87.0 Å². The fourth-order valence-corrected chi connectivity index (χ4v) is 2.24. The van der Waals surface area contributed by atoms with Crippen molar-refractivity contribution in [1.82, 2.24) is 0 Å². The molecule has 0 atom stereocenters. The van der Waals surface area contributed by atoms with Crippen LogP contribution in [0, 0.1) is 0 Å². The van der Waals surface area contributed by atoms with Crippen molar-refractivity contribution in [1.29, 1.82) is 0 Å². The first-order valence-electron chi connectivity index (χ1n) is 6.82. The Hall–Kier alpha value is -2.66. The van der Waals surface area contributed by atoms with Gasteiger partial charge in [0.15, 0.2) is 11.5 Å². The summed E-state index contributed by atoms with van der Waals surface area (Å²) >= 11 is 5.94. The minimum absolute atomic E-state index is 0.0224. The molecule has 0 aliphatic heterocycles. The van der Waals surface area contributed by atoms with Gasteiger partial charge in [-0.05, 0) is 48.4 Å². The van der Waals surface area contributed by atoms with Crippen LogP contribution in [-0.2, 0) is 4.79 Å². The van der Waals surface area contributed by atoms with Gasteiger partial charge in [0.1, 0.15) is 5.75 Å². The van der Waals surface area contributed by atoms with Crippen molar-refractivity contribution < 1.29 is 24.9 Å². The van der Waals surface area contributed by atoms with Crippen molar-refractivity contribution >= 4 is 29.2 Å². The maximum absolute atomic E-state index is 11.5. The number of benzene rings is 2. The standard InChI is InChI=1S/C17H15ClO5/c1-2-23-15-9-10(8-14(18)16(15)20)7-13(17(21)22)11-3-5-12(19)6-4-11/h3-9,19-20H,2H2,1H3,(H,21,22)/b13-7-. The summed E-state index contributed by atoms with van der Waals surface area (Å²) in [5.41, 5.74) is 0.924. The number of aliphatic carboxylic acids is 1. The molecular weight excluding hydrogens is 320 g/mol. The average Bonchev–Trinajstić information content (AvgIpc) is 2.50. The Labute approximate surface area is 138 Å². The van der Waals surface area contributed by atoms with Gasteiger partial charge >= 0.3 is 5.97 Å². The van der Waals surface area contributed by atoms with Gasteiger partial charge in [-0.15, -0.1) is 0 Å². The van der Waals surface area contributed by atoms with Crippen LogP contribution in [0.4, 0.5) is 0 Å². The van der Waals surface area contributed by atoms with E-state index < -0.39 is 5.97 Å². The molecular formula is C17H15ClO5. The zero-order valence-corrected chi connectivity index (χ0v) is 13.0. The monoisotopic (exact) mass is 334 g/mol. The summed E-state index contributed by atoms with van der Waals surface area (Å²) in [5, 5.41) is 28.6. The van der Waals surface area contributed by atoms with Gasteiger partial charge in [0.25, 0.3) is 0 Å². The third kappa shape index (κ3) is 3.96. The number of rotatable bonds is 5. The molecule has 0 aliphatic carbocycles. The molecule has 0 amide bonds. The largest absolute Gasteiger partial charge is 0.508 e. The zero-order chi connectivity index (χ0) is 17.0. The summed E-state index contributed by atoms with van der Waals surface area (Å²) < 4.78 is 5.28. The van der Waals surface area contributed by atoms with Crippen molar-refractivity contribution in [2.75, 3.05) is 6.61 Å². The maximum Gasteiger partial charge on any atom is 0.336 e. The summed E-state index contributed by atoms with van der Waals surface area (Å²) in [6, 6.07) is 8.77. The van der Waals surface area contributed by atoms with E-state index in [0.717, 1.165) is 0 Å². The van der Waals surface area contributed by atoms with Crippen LogP contribution in [0.5, 0.6) is 17.2 Å². The van der Waals surface area contributed by atoms with Gasteiger partial charge in [0.2, 0.25) is 0 Å². The second-order valence-corrected chi connectivity index (χ2v) is 5.10. The quantitative estimate of drug-likeness (QED) is 0.572. The SMILES string of the molecule is CCOc1cc(/C=C(\C(=O)O)c2ccc(O)cc2)cc(Cl)c1O. The Morgan fingerprint density at radius 1 is 1.22 bits per heavy atom. The van der Waals surface area contributed by atoms with Gasteiger partial charge in [-0.1, -0.05) is 23.7 Å². The molecule has 0 bridgehead atoms. The Bertz CT molecular complexity index is 750. The second-order valence-electron chi connectivity index (χ2n) is 4.69. The van der Waals surface area contributed by atoms with Gasteiger partial charge < -0.3 is 20.1 Å². The minimum Gasteiger partial charge on any atom is -0.508 e. The van der Waals surface area contributed by atoms with Crippen molar-refractivity contribution in [3.63, 3.8) is 0 Å². The molecule has 2 rings (SSSR count). The number of hydrogen-bond donors (Lipinski definition) is 3. The molecule has 3 N–H and O–H groups in total. The molecule has 6 heteroatoms. The van der Waals surface area contributed by atoms with Crippen LogP contribution < -0.4 is 4.74 Å². The third-order valence-electron chi connectivity index (χ3n) is 3.07. The van der Waals surface area contributed by atoms with Crippen LogP contribution in [0.2, 0.25) is 5.02 Å². The van der Waals surface area contributed by atoms with Crippen LogP contribution in [-0.4, -0.2) is 27.9 Å². The van der Waals surface area contributed by atoms with Crippen LogP contribution in [0.1, 0.15) is 18.1 Å². The number of carbonyl (C=O) groups is 1. The molecule has 0 aliphatic rings. The smallest absolute Gasteiger partial charge is 0.336 e. The fourth-order valence-electron chi connectivity index (χ4n) is 2.02. The molecule has 2 aromatic rings. The zero-order valence-electron chi connectivity index (χ0n) is 12.3. The molecule has 2 aromatic carbocycles. The van der Waals surface area contributed by atoms with Gasteiger partial charge in [-0.3, -0.25) is 0 Å². The van der Waals surface area contributed by atoms with Crippen LogP contribution >= 0.6 is 11.6 Å². The molecule has 0 saturated heterocycles.